The molecule has 2 amide bonds. The van der Waals surface area contributed by atoms with Crippen molar-refractivity contribution in [3.05, 3.63) is 108 Å². The zero-order valence-corrected chi connectivity index (χ0v) is 18.9. The van der Waals surface area contributed by atoms with Crippen LogP contribution in [0.1, 0.15) is 41.3 Å². The molecule has 0 aliphatic carbocycles. The van der Waals surface area contributed by atoms with Crippen LogP contribution < -0.4 is 10.6 Å². The summed E-state index contributed by atoms with van der Waals surface area (Å²) in [5.74, 6) is -0.626. The minimum Gasteiger partial charge on any atom is -0.353 e. The summed E-state index contributed by atoms with van der Waals surface area (Å²) >= 11 is 0. The van der Waals surface area contributed by atoms with Gasteiger partial charge in [0.05, 0.1) is 6.04 Å². The number of amides is 2. The standard InChI is InChI=1S/C28H30N2O3/c1-21(19-22-11-5-2-6-12-22)29-27(32)18-17-26(31)25(20-23-13-7-3-8-14-23)30-28(33)24-15-9-4-10-16-24/h2-16,21,25H,17-20H2,1H3,(H,29,32)(H,30,33)/t21-,25+/m1/s1. The van der Waals surface area contributed by atoms with Gasteiger partial charge in [-0.1, -0.05) is 78.9 Å². The number of ketones is 1. The summed E-state index contributed by atoms with van der Waals surface area (Å²) in [6.45, 7) is 1.95. The van der Waals surface area contributed by atoms with Crippen LogP contribution >= 0.6 is 0 Å². The summed E-state index contributed by atoms with van der Waals surface area (Å²) in [5.41, 5.74) is 2.59. The Kier molecular flexibility index (Phi) is 8.95. The molecule has 2 N–H and O–H groups in total. The molecule has 2 atom stereocenters. The topological polar surface area (TPSA) is 75.3 Å². The molecule has 0 aliphatic rings. The predicted molar refractivity (Wildman–Crippen MR) is 130 cm³/mol. The van der Waals surface area contributed by atoms with E-state index in [4.69, 9.17) is 0 Å². The van der Waals surface area contributed by atoms with Crippen molar-refractivity contribution in [2.45, 2.75) is 44.7 Å². The van der Waals surface area contributed by atoms with Gasteiger partial charge in [-0.15, -0.1) is 0 Å². The lowest BCUT2D eigenvalue weighted by atomic mass is 9.98. The van der Waals surface area contributed by atoms with Gasteiger partial charge in [0, 0.05) is 24.4 Å². The van der Waals surface area contributed by atoms with Crippen LogP contribution in [0.15, 0.2) is 91.0 Å². The summed E-state index contributed by atoms with van der Waals surface area (Å²) in [5, 5.41) is 5.82. The van der Waals surface area contributed by atoms with Crippen molar-refractivity contribution in [1.82, 2.24) is 10.6 Å². The molecule has 33 heavy (non-hydrogen) atoms. The van der Waals surface area contributed by atoms with Crippen molar-refractivity contribution in [2.24, 2.45) is 0 Å². The largest absolute Gasteiger partial charge is 0.353 e. The minimum absolute atomic E-state index is 0.0344. The van der Waals surface area contributed by atoms with Crippen LogP contribution in [-0.2, 0) is 22.4 Å². The molecule has 0 saturated carbocycles. The highest BCUT2D eigenvalue weighted by molar-refractivity contribution is 5.98. The first-order valence-corrected chi connectivity index (χ1v) is 11.3. The third-order valence-corrected chi connectivity index (χ3v) is 5.40. The number of rotatable bonds is 11. The van der Waals surface area contributed by atoms with E-state index in [9.17, 15) is 14.4 Å². The second-order valence-corrected chi connectivity index (χ2v) is 8.21. The molecule has 5 heteroatoms. The maximum Gasteiger partial charge on any atom is 0.251 e. The van der Waals surface area contributed by atoms with Gasteiger partial charge in [-0.25, -0.2) is 0 Å². The molecule has 3 aromatic rings. The molecule has 0 unspecified atom stereocenters. The lowest BCUT2D eigenvalue weighted by Crippen LogP contribution is -2.43. The average Bonchev–Trinajstić information content (AvgIpc) is 2.84. The van der Waals surface area contributed by atoms with Crippen LogP contribution in [0.5, 0.6) is 0 Å². The van der Waals surface area contributed by atoms with Crippen LogP contribution in [0.3, 0.4) is 0 Å². The molecular formula is C28H30N2O3. The molecule has 3 rings (SSSR count). The van der Waals surface area contributed by atoms with Crippen LogP contribution in [-0.4, -0.2) is 29.7 Å². The lowest BCUT2D eigenvalue weighted by molar-refractivity contribution is -0.126. The number of hydrogen-bond donors (Lipinski definition) is 2. The Balaban J connectivity index is 1.57. The zero-order chi connectivity index (χ0) is 23.5. The first-order chi connectivity index (χ1) is 16.0. The van der Waals surface area contributed by atoms with E-state index in [1.807, 2.05) is 73.7 Å². The van der Waals surface area contributed by atoms with Gasteiger partial charge < -0.3 is 10.6 Å². The van der Waals surface area contributed by atoms with E-state index in [2.05, 4.69) is 10.6 Å². The maximum absolute atomic E-state index is 13.0. The van der Waals surface area contributed by atoms with Crippen molar-refractivity contribution in [2.75, 3.05) is 0 Å². The highest BCUT2D eigenvalue weighted by Gasteiger charge is 2.22. The quantitative estimate of drug-likeness (QED) is 0.469. The highest BCUT2D eigenvalue weighted by atomic mass is 16.2. The summed E-state index contributed by atoms with van der Waals surface area (Å²) in [4.78, 5) is 38.1. The second kappa shape index (κ2) is 12.3. The molecule has 3 aromatic carbocycles. The van der Waals surface area contributed by atoms with E-state index >= 15 is 0 Å². The summed E-state index contributed by atoms with van der Waals surface area (Å²) in [6.07, 6.45) is 1.26. The third kappa shape index (κ3) is 8.04. The van der Waals surface area contributed by atoms with Crippen molar-refractivity contribution in [3.8, 4) is 0 Å². The molecule has 0 radical (unpaired) electrons. The van der Waals surface area contributed by atoms with Crippen LogP contribution in [0, 0.1) is 0 Å². The number of benzene rings is 3. The van der Waals surface area contributed by atoms with Crippen molar-refractivity contribution >= 4 is 17.6 Å². The average molecular weight is 443 g/mol. The Labute approximate surface area is 195 Å². The molecular weight excluding hydrogens is 412 g/mol. The minimum atomic E-state index is -0.699. The Morgan fingerprint density at radius 1 is 0.667 bits per heavy atom. The molecule has 0 saturated heterocycles. The number of carbonyl (C=O) groups is 3. The normalized spacial score (nSPS) is 12.4. The fraction of sp³-hybridized carbons (Fsp3) is 0.250. The van der Waals surface area contributed by atoms with Crippen LogP contribution in [0.4, 0.5) is 0 Å². The molecule has 170 valence electrons. The first-order valence-electron chi connectivity index (χ1n) is 11.3. The monoisotopic (exact) mass is 442 g/mol. The van der Waals surface area contributed by atoms with Crippen molar-refractivity contribution in [3.63, 3.8) is 0 Å². The van der Waals surface area contributed by atoms with Gasteiger partial charge in [0.2, 0.25) is 5.91 Å². The molecule has 0 aromatic heterocycles. The van der Waals surface area contributed by atoms with E-state index in [1.165, 1.54) is 0 Å². The maximum atomic E-state index is 13.0. The molecule has 0 heterocycles. The number of Topliss-reactive ketones (excluding diaryl/α,β-unsaturated/α-hetero) is 1. The summed E-state index contributed by atoms with van der Waals surface area (Å²) < 4.78 is 0. The fourth-order valence-electron chi connectivity index (χ4n) is 3.70. The van der Waals surface area contributed by atoms with Gasteiger partial charge in [0.1, 0.15) is 0 Å². The van der Waals surface area contributed by atoms with Gasteiger partial charge in [-0.3, -0.25) is 14.4 Å². The first kappa shape index (κ1) is 23.9. The van der Waals surface area contributed by atoms with Crippen molar-refractivity contribution in [1.29, 1.82) is 0 Å². The molecule has 0 aliphatic heterocycles. The van der Waals surface area contributed by atoms with Crippen LogP contribution in [0.25, 0.3) is 0 Å². The highest BCUT2D eigenvalue weighted by Crippen LogP contribution is 2.09. The fourth-order valence-corrected chi connectivity index (χ4v) is 3.70. The van der Waals surface area contributed by atoms with Gasteiger partial charge in [0.15, 0.2) is 5.78 Å². The Hall–Kier alpha value is -3.73. The van der Waals surface area contributed by atoms with Crippen LogP contribution in [0.2, 0.25) is 0 Å². The van der Waals surface area contributed by atoms with E-state index < -0.39 is 6.04 Å². The molecule has 0 spiro atoms. The Morgan fingerprint density at radius 3 is 1.76 bits per heavy atom. The van der Waals surface area contributed by atoms with Gasteiger partial charge in [0.25, 0.3) is 5.91 Å². The zero-order valence-electron chi connectivity index (χ0n) is 18.9. The predicted octanol–water partition coefficient (Wildman–Crippen LogP) is 4.12. The number of nitrogens with one attached hydrogen (secondary N) is 2. The molecule has 0 fully saturated rings. The van der Waals surface area contributed by atoms with Gasteiger partial charge in [-0.2, -0.15) is 0 Å². The third-order valence-electron chi connectivity index (χ3n) is 5.40. The van der Waals surface area contributed by atoms with Crippen molar-refractivity contribution < 1.29 is 14.4 Å². The SMILES string of the molecule is C[C@H](Cc1ccccc1)NC(=O)CCC(=O)[C@H](Cc1ccccc1)NC(=O)c1ccccc1. The number of hydrogen-bond acceptors (Lipinski definition) is 3. The van der Waals surface area contributed by atoms with E-state index in [0.29, 0.717) is 12.0 Å². The summed E-state index contributed by atoms with van der Waals surface area (Å²) in [7, 11) is 0. The van der Waals surface area contributed by atoms with E-state index in [1.54, 1.807) is 24.3 Å². The molecule has 0 bridgehead atoms. The van der Waals surface area contributed by atoms with Gasteiger partial charge in [-0.05, 0) is 43.0 Å². The van der Waals surface area contributed by atoms with E-state index in [0.717, 1.165) is 17.5 Å². The van der Waals surface area contributed by atoms with Gasteiger partial charge >= 0.3 is 0 Å². The number of carbonyl (C=O) groups excluding carboxylic acids is 3. The molecule has 5 nitrogen and oxygen atoms in total. The van der Waals surface area contributed by atoms with E-state index in [-0.39, 0.29) is 36.5 Å². The Bertz CT molecular complexity index is 1040. The second-order valence-electron chi connectivity index (χ2n) is 8.21. The Morgan fingerprint density at radius 2 is 1.18 bits per heavy atom. The smallest absolute Gasteiger partial charge is 0.251 e. The summed E-state index contributed by atoms with van der Waals surface area (Å²) in [6, 6.07) is 27.6. The lowest BCUT2D eigenvalue weighted by Gasteiger charge is -2.19.